The number of pyridine rings is 1. The predicted molar refractivity (Wildman–Crippen MR) is 88.3 cm³/mol. The van der Waals surface area contributed by atoms with Gasteiger partial charge in [0.05, 0.1) is 6.42 Å². The van der Waals surface area contributed by atoms with Crippen LogP contribution in [0.3, 0.4) is 0 Å². The van der Waals surface area contributed by atoms with Crippen LogP contribution in [-0.4, -0.2) is 10.8 Å². The maximum atomic E-state index is 12.4. The van der Waals surface area contributed by atoms with E-state index in [-0.39, 0.29) is 12.2 Å². The molecule has 2 N–H and O–H groups in total. The minimum atomic E-state index is -0.0203. The van der Waals surface area contributed by atoms with E-state index < -0.39 is 0 Å². The predicted octanol–water partition coefficient (Wildman–Crippen LogP) is 4.00. The summed E-state index contributed by atoms with van der Waals surface area (Å²) in [7, 11) is 0. The Morgan fingerprint density at radius 1 is 1.10 bits per heavy atom. The summed E-state index contributed by atoms with van der Waals surface area (Å²) in [5.41, 5.74) is 7.81. The molecule has 3 rings (SSSR count). The SMILES string of the molecule is Nc1cc2ccccc2cc1C(=O)Cc1ccc(Br)cn1. The smallest absolute Gasteiger partial charge is 0.170 e. The van der Waals surface area contributed by atoms with E-state index in [1.807, 2.05) is 48.5 Å². The standard InChI is InChI=1S/C17H13BrN2O/c18-13-5-6-14(20-10-13)9-17(21)15-7-11-3-1-2-4-12(11)8-16(15)19/h1-8,10H,9,19H2. The van der Waals surface area contributed by atoms with Crippen LogP contribution < -0.4 is 5.73 Å². The van der Waals surface area contributed by atoms with Crippen molar-refractivity contribution in [2.24, 2.45) is 0 Å². The molecular weight excluding hydrogens is 328 g/mol. The van der Waals surface area contributed by atoms with E-state index in [0.717, 1.165) is 20.9 Å². The van der Waals surface area contributed by atoms with Gasteiger partial charge in [-0.3, -0.25) is 9.78 Å². The van der Waals surface area contributed by atoms with Gasteiger partial charge in [-0.1, -0.05) is 24.3 Å². The van der Waals surface area contributed by atoms with Crippen LogP contribution in [0.25, 0.3) is 10.8 Å². The molecule has 104 valence electrons. The molecule has 4 heteroatoms. The lowest BCUT2D eigenvalue weighted by Gasteiger charge is -2.07. The highest BCUT2D eigenvalue weighted by Gasteiger charge is 2.12. The summed E-state index contributed by atoms with van der Waals surface area (Å²) in [6.07, 6.45) is 1.93. The van der Waals surface area contributed by atoms with Gasteiger partial charge in [-0.05, 0) is 51.0 Å². The summed E-state index contributed by atoms with van der Waals surface area (Å²) in [5, 5.41) is 2.05. The number of hydrogen-bond donors (Lipinski definition) is 1. The molecular formula is C17H13BrN2O. The molecule has 0 aliphatic carbocycles. The Balaban J connectivity index is 1.93. The van der Waals surface area contributed by atoms with Crippen LogP contribution in [0.1, 0.15) is 16.1 Å². The lowest BCUT2D eigenvalue weighted by Crippen LogP contribution is -2.08. The van der Waals surface area contributed by atoms with Gasteiger partial charge in [0.2, 0.25) is 0 Å². The largest absolute Gasteiger partial charge is 0.398 e. The second-order valence-electron chi connectivity index (χ2n) is 4.85. The maximum Gasteiger partial charge on any atom is 0.170 e. The molecule has 0 bridgehead atoms. The minimum absolute atomic E-state index is 0.0203. The molecule has 0 aliphatic heterocycles. The first-order valence-corrected chi connectivity index (χ1v) is 7.35. The number of nitrogens with two attached hydrogens (primary N) is 1. The average molecular weight is 341 g/mol. The fourth-order valence-corrected chi connectivity index (χ4v) is 2.50. The van der Waals surface area contributed by atoms with Crippen molar-refractivity contribution in [3.8, 4) is 0 Å². The Hall–Kier alpha value is -2.20. The van der Waals surface area contributed by atoms with E-state index in [1.165, 1.54) is 0 Å². The molecule has 1 aromatic heterocycles. The van der Waals surface area contributed by atoms with Crippen molar-refractivity contribution in [1.29, 1.82) is 0 Å². The zero-order chi connectivity index (χ0) is 14.8. The van der Waals surface area contributed by atoms with Crippen molar-refractivity contribution in [3.05, 3.63) is 70.5 Å². The van der Waals surface area contributed by atoms with E-state index in [4.69, 9.17) is 5.73 Å². The van der Waals surface area contributed by atoms with Crippen LogP contribution in [-0.2, 0) is 6.42 Å². The van der Waals surface area contributed by atoms with E-state index in [1.54, 1.807) is 6.20 Å². The van der Waals surface area contributed by atoms with Gasteiger partial charge >= 0.3 is 0 Å². The number of nitrogen functional groups attached to an aromatic ring is 1. The number of carbonyl (C=O) groups excluding carboxylic acids is 1. The third-order valence-corrected chi connectivity index (χ3v) is 3.82. The molecule has 0 amide bonds. The first-order valence-electron chi connectivity index (χ1n) is 6.55. The van der Waals surface area contributed by atoms with Crippen molar-refractivity contribution in [1.82, 2.24) is 4.98 Å². The lowest BCUT2D eigenvalue weighted by atomic mass is 10.00. The van der Waals surface area contributed by atoms with E-state index >= 15 is 0 Å². The third-order valence-electron chi connectivity index (χ3n) is 3.35. The highest BCUT2D eigenvalue weighted by molar-refractivity contribution is 9.10. The highest BCUT2D eigenvalue weighted by Crippen LogP contribution is 2.23. The molecule has 3 nitrogen and oxygen atoms in total. The van der Waals surface area contributed by atoms with Crippen molar-refractivity contribution in [3.63, 3.8) is 0 Å². The van der Waals surface area contributed by atoms with Gasteiger partial charge in [-0.15, -0.1) is 0 Å². The molecule has 3 aromatic rings. The first kappa shape index (κ1) is 13.8. The summed E-state index contributed by atoms with van der Waals surface area (Å²) < 4.78 is 0.893. The fourth-order valence-electron chi connectivity index (χ4n) is 2.27. The van der Waals surface area contributed by atoms with Crippen LogP contribution in [0.15, 0.2) is 59.2 Å². The van der Waals surface area contributed by atoms with Crippen molar-refractivity contribution < 1.29 is 4.79 Å². The summed E-state index contributed by atoms with van der Waals surface area (Å²) in [5.74, 6) is -0.0203. The molecule has 21 heavy (non-hydrogen) atoms. The molecule has 0 radical (unpaired) electrons. The molecule has 0 saturated carbocycles. The Kier molecular flexibility index (Phi) is 3.71. The summed E-state index contributed by atoms with van der Waals surface area (Å²) >= 11 is 3.33. The van der Waals surface area contributed by atoms with Crippen LogP contribution in [0, 0.1) is 0 Å². The number of nitrogens with zero attached hydrogens (tertiary/aromatic N) is 1. The Morgan fingerprint density at radius 3 is 2.48 bits per heavy atom. The van der Waals surface area contributed by atoms with Crippen LogP contribution in [0.5, 0.6) is 0 Å². The van der Waals surface area contributed by atoms with Gasteiger partial charge in [0.25, 0.3) is 0 Å². The number of benzene rings is 2. The van der Waals surface area contributed by atoms with E-state index in [0.29, 0.717) is 11.3 Å². The van der Waals surface area contributed by atoms with Gasteiger partial charge in [-0.25, -0.2) is 0 Å². The maximum absolute atomic E-state index is 12.4. The van der Waals surface area contributed by atoms with Gasteiger partial charge < -0.3 is 5.73 Å². The number of anilines is 1. The van der Waals surface area contributed by atoms with Gasteiger partial charge in [0.15, 0.2) is 5.78 Å². The Bertz CT molecular complexity index is 813. The molecule has 1 heterocycles. The number of halogens is 1. The highest BCUT2D eigenvalue weighted by atomic mass is 79.9. The summed E-state index contributed by atoms with van der Waals surface area (Å²) in [4.78, 5) is 16.7. The number of carbonyl (C=O) groups is 1. The van der Waals surface area contributed by atoms with Crippen LogP contribution in [0.4, 0.5) is 5.69 Å². The molecule has 0 aliphatic rings. The second-order valence-corrected chi connectivity index (χ2v) is 5.77. The zero-order valence-electron chi connectivity index (χ0n) is 11.2. The topological polar surface area (TPSA) is 56.0 Å². The minimum Gasteiger partial charge on any atom is -0.398 e. The number of Topliss-reactive ketones (excluding diaryl/α,β-unsaturated/α-hetero) is 1. The monoisotopic (exact) mass is 340 g/mol. The molecule has 0 atom stereocenters. The Labute approximate surface area is 130 Å². The summed E-state index contributed by atoms with van der Waals surface area (Å²) in [6, 6.07) is 15.3. The number of aromatic nitrogens is 1. The van der Waals surface area contributed by atoms with Crippen molar-refractivity contribution >= 4 is 38.2 Å². The Morgan fingerprint density at radius 2 is 1.81 bits per heavy atom. The number of ketones is 1. The molecule has 0 fully saturated rings. The van der Waals surface area contributed by atoms with Gasteiger partial charge in [0, 0.05) is 27.6 Å². The number of hydrogen-bond acceptors (Lipinski definition) is 3. The van der Waals surface area contributed by atoms with Crippen molar-refractivity contribution in [2.45, 2.75) is 6.42 Å². The lowest BCUT2D eigenvalue weighted by molar-refractivity contribution is 0.0993. The second kappa shape index (κ2) is 5.66. The fraction of sp³-hybridized carbons (Fsp3) is 0.0588. The quantitative estimate of drug-likeness (QED) is 0.579. The first-order chi connectivity index (χ1) is 10.1. The van der Waals surface area contributed by atoms with Gasteiger partial charge in [-0.2, -0.15) is 0 Å². The molecule has 0 saturated heterocycles. The average Bonchev–Trinajstić information content (AvgIpc) is 2.49. The van der Waals surface area contributed by atoms with E-state index in [9.17, 15) is 4.79 Å². The zero-order valence-corrected chi connectivity index (χ0v) is 12.8. The molecule has 0 unspecified atom stereocenters. The van der Waals surface area contributed by atoms with Gasteiger partial charge in [0.1, 0.15) is 0 Å². The normalized spacial score (nSPS) is 10.7. The summed E-state index contributed by atoms with van der Waals surface area (Å²) in [6.45, 7) is 0. The van der Waals surface area contributed by atoms with Crippen LogP contribution >= 0.6 is 15.9 Å². The number of fused-ring (bicyclic) bond motifs is 1. The van der Waals surface area contributed by atoms with Crippen LogP contribution in [0.2, 0.25) is 0 Å². The third kappa shape index (κ3) is 2.95. The van der Waals surface area contributed by atoms with E-state index in [2.05, 4.69) is 20.9 Å². The molecule has 2 aromatic carbocycles. The number of rotatable bonds is 3. The molecule has 0 spiro atoms. The van der Waals surface area contributed by atoms with Crippen molar-refractivity contribution in [2.75, 3.05) is 5.73 Å².